The SMILES string of the molecule is Nc1ccc(F)cc1-c1ccc(C2CCC2)cc1. The molecule has 2 aromatic carbocycles. The lowest BCUT2D eigenvalue weighted by Crippen LogP contribution is -2.08. The maximum absolute atomic E-state index is 13.2. The number of nitrogens with two attached hydrogens (primary N) is 1. The van der Waals surface area contributed by atoms with Crippen LogP contribution < -0.4 is 5.73 Å². The molecule has 0 aliphatic heterocycles. The first-order chi connectivity index (χ1) is 8.74. The van der Waals surface area contributed by atoms with Crippen molar-refractivity contribution in [2.45, 2.75) is 25.2 Å². The molecule has 0 unspecified atom stereocenters. The van der Waals surface area contributed by atoms with E-state index in [2.05, 4.69) is 12.1 Å². The number of nitrogen functional groups attached to an aromatic ring is 1. The lowest BCUT2D eigenvalue weighted by molar-refractivity contribution is 0.420. The molecule has 0 heterocycles. The summed E-state index contributed by atoms with van der Waals surface area (Å²) in [6, 6.07) is 12.9. The Kier molecular flexibility index (Phi) is 2.78. The highest BCUT2D eigenvalue weighted by atomic mass is 19.1. The molecule has 0 aromatic heterocycles. The van der Waals surface area contributed by atoms with Crippen LogP contribution in [0.5, 0.6) is 0 Å². The average molecular weight is 241 g/mol. The topological polar surface area (TPSA) is 26.0 Å². The molecule has 1 saturated carbocycles. The molecular formula is C16H16FN. The summed E-state index contributed by atoms with van der Waals surface area (Å²) in [7, 11) is 0. The van der Waals surface area contributed by atoms with E-state index in [1.54, 1.807) is 6.07 Å². The van der Waals surface area contributed by atoms with Crippen LogP contribution in [0.3, 0.4) is 0 Å². The van der Waals surface area contributed by atoms with E-state index in [9.17, 15) is 4.39 Å². The van der Waals surface area contributed by atoms with Crippen molar-refractivity contribution < 1.29 is 4.39 Å². The molecule has 0 saturated heterocycles. The maximum Gasteiger partial charge on any atom is 0.123 e. The van der Waals surface area contributed by atoms with Gasteiger partial charge in [-0.1, -0.05) is 30.7 Å². The van der Waals surface area contributed by atoms with E-state index in [1.807, 2.05) is 12.1 Å². The van der Waals surface area contributed by atoms with Crippen molar-refractivity contribution in [3.8, 4) is 11.1 Å². The van der Waals surface area contributed by atoms with Gasteiger partial charge < -0.3 is 5.73 Å². The Morgan fingerprint density at radius 1 is 1.00 bits per heavy atom. The van der Waals surface area contributed by atoms with Gasteiger partial charge in [-0.15, -0.1) is 0 Å². The molecule has 1 nitrogen and oxygen atoms in total. The van der Waals surface area contributed by atoms with Crippen LogP contribution in [0, 0.1) is 5.82 Å². The highest BCUT2D eigenvalue weighted by molar-refractivity contribution is 5.76. The summed E-state index contributed by atoms with van der Waals surface area (Å²) in [6.45, 7) is 0. The molecule has 2 N–H and O–H groups in total. The van der Waals surface area contributed by atoms with E-state index < -0.39 is 0 Å². The Balaban J connectivity index is 1.94. The molecule has 0 radical (unpaired) electrons. The fourth-order valence-electron chi connectivity index (χ4n) is 2.45. The van der Waals surface area contributed by atoms with Crippen LogP contribution in [-0.4, -0.2) is 0 Å². The summed E-state index contributed by atoms with van der Waals surface area (Å²) in [4.78, 5) is 0. The molecule has 1 fully saturated rings. The second-order valence-corrected chi connectivity index (χ2v) is 4.98. The van der Waals surface area contributed by atoms with Crippen molar-refractivity contribution in [3.63, 3.8) is 0 Å². The van der Waals surface area contributed by atoms with E-state index in [4.69, 9.17) is 5.73 Å². The maximum atomic E-state index is 13.2. The average Bonchev–Trinajstić information content (AvgIpc) is 2.31. The number of hydrogen-bond acceptors (Lipinski definition) is 1. The van der Waals surface area contributed by atoms with Crippen molar-refractivity contribution in [2.75, 3.05) is 5.73 Å². The summed E-state index contributed by atoms with van der Waals surface area (Å²) >= 11 is 0. The summed E-state index contributed by atoms with van der Waals surface area (Å²) in [5, 5.41) is 0. The third-order valence-corrected chi connectivity index (χ3v) is 3.81. The van der Waals surface area contributed by atoms with Gasteiger partial charge in [0.2, 0.25) is 0 Å². The van der Waals surface area contributed by atoms with Gasteiger partial charge in [-0.2, -0.15) is 0 Å². The second-order valence-electron chi connectivity index (χ2n) is 4.98. The lowest BCUT2D eigenvalue weighted by atomic mass is 9.80. The molecule has 0 atom stereocenters. The van der Waals surface area contributed by atoms with E-state index >= 15 is 0 Å². The number of benzene rings is 2. The van der Waals surface area contributed by atoms with Crippen molar-refractivity contribution in [1.82, 2.24) is 0 Å². The Morgan fingerprint density at radius 3 is 2.33 bits per heavy atom. The zero-order valence-electron chi connectivity index (χ0n) is 10.2. The van der Waals surface area contributed by atoms with Crippen molar-refractivity contribution in [3.05, 3.63) is 53.8 Å². The van der Waals surface area contributed by atoms with E-state index in [-0.39, 0.29) is 5.82 Å². The second kappa shape index (κ2) is 4.45. The monoisotopic (exact) mass is 241 g/mol. The highest BCUT2D eigenvalue weighted by Crippen LogP contribution is 2.37. The minimum atomic E-state index is -0.248. The smallest absolute Gasteiger partial charge is 0.123 e. The molecule has 0 spiro atoms. The summed E-state index contributed by atoms with van der Waals surface area (Å²) in [5.74, 6) is 0.478. The Labute approximate surface area is 106 Å². The van der Waals surface area contributed by atoms with Crippen LogP contribution in [0.4, 0.5) is 10.1 Å². The molecular weight excluding hydrogens is 225 g/mol. The minimum absolute atomic E-state index is 0.248. The van der Waals surface area contributed by atoms with E-state index in [1.165, 1.54) is 37.0 Å². The molecule has 3 rings (SSSR count). The summed E-state index contributed by atoms with van der Waals surface area (Å²) < 4.78 is 13.2. The van der Waals surface area contributed by atoms with Crippen LogP contribution in [0.2, 0.25) is 0 Å². The van der Waals surface area contributed by atoms with Gasteiger partial charge in [0.15, 0.2) is 0 Å². The van der Waals surface area contributed by atoms with Crippen LogP contribution >= 0.6 is 0 Å². The van der Waals surface area contributed by atoms with Gasteiger partial charge in [0.25, 0.3) is 0 Å². The van der Waals surface area contributed by atoms with Crippen LogP contribution in [0.25, 0.3) is 11.1 Å². The van der Waals surface area contributed by atoms with Gasteiger partial charge in [-0.05, 0) is 48.1 Å². The van der Waals surface area contributed by atoms with Crippen molar-refractivity contribution in [1.29, 1.82) is 0 Å². The number of hydrogen-bond donors (Lipinski definition) is 1. The Hall–Kier alpha value is -1.83. The van der Waals surface area contributed by atoms with Crippen molar-refractivity contribution in [2.24, 2.45) is 0 Å². The molecule has 18 heavy (non-hydrogen) atoms. The fraction of sp³-hybridized carbons (Fsp3) is 0.250. The predicted octanol–water partition coefficient (Wildman–Crippen LogP) is 4.34. The van der Waals surface area contributed by atoms with Gasteiger partial charge in [-0.25, -0.2) is 4.39 Å². The molecule has 2 aromatic rings. The standard InChI is InChI=1S/C16H16FN/c17-14-8-9-16(18)15(10-14)13-6-4-12(5-7-13)11-2-1-3-11/h4-11H,1-3,18H2. The fourth-order valence-corrected chi connectivity index (χ4v) is 2.45. The van der Waals surface area contributed by atoms with Gasteiger partial charge >= 0.3 is 0 Å². The molecule has 92 valence electrons. The predicted molar refractivity (Wildman–Crippen MR) is 72.8 cm³/mol. The van der Waals surface area contributed by atoms with Gasteiger partial charge in [0, 0.05) is 11.3 Å². The lowest BCUT2D eigenvalue weighted by Gasteiger charge is -2.25. The first kappa shape index (κ1) is 11.3. The molecule has 1 aliphatic carbocycles. The number of rotatable bonds is 2. The molecule has 0 amide bonds. The zero-order chi connectivity index (χ0) is 12.5. The van der Waals surface area contributed by atoms with Gasteiger partial charge in [0.1, 0.15) is 5.82 Å². The largest absolute Gasteiger partial charge is 0.398 e. The van der Waals surface area contributed by atoms with E-state index in [0.717, 1.165) is 17.0 Å². The number of halogens is 1. The first-order valence-electron chi connectivity index (χ1n) is 6.39. The van der Waals surface area contributed by atoms with Gasteiger partial charge in [-0.3, -0.25) is 0 Å². The van der Waals surface area contributed by atoms with Crippen LogP contribution in [0.1, 0.15) is 30.7 Å². The number of anilines is 1. The minimum Gasteiger partial charge on any atom is -0.398 e. The molecule has 1 aliphatic rings. The van der Waals surface area contributed by atoms with Gasteiger partial charge in [0.05, 0.1) is 0 Å². The molecule has 0 bridgehead atoms. The van der Waals surface area contributed by atoms with E-state index in [0.29, 0.717) is 5.69 Å². The molecule has 2 heteroatoms. The Morgan fingerprint density at radius 2 is 1.72 bits per heavy atom. The highest BCUT2D eigenvalue weighted by Gasteiger charge is 2.19. The third-order valence-electron chi connectivity index (χ3n) is 3.81. The first-order valence-corrected chi connectivity index (χ1v) is 6.39. The van der Waals surface area contributed by atoms with Crippen molar-refractivity contribution >= 4 is 5.69 Å². The summed E-state index contributed by atoms with van der Waals surface area (Å²) in [5.41, 5.74) is 9.65. The van der Waals surface area contributed by atoms with Crippen LogP contribution in [0.15, 0.2) is 42.5 Å². The Bertz CT molecular complexity index is 556. The quantitative estimate of drug-likeness (QED) is 0.777. The summed E-state index contributed by atoms with van der Waals surface area (Å²) in [6.07, 6.45) is 3.92. The van der Waals surface area contributed by atoms with Crippen LogP contribution in [-0.2, 0) is 0 Å². The normalized spacial score (nSPS) is 15.4. The zero-order valence-corrected chi connectivity index (χ0v) is 10.2. The third kappa shape index (κ3) is 1.99.